The van der Waals surface area contributed by atoms with Gasteiger partial charge in [0.05, 0.1) is 0 Å². The molecule has 20 heavy (non-hydrogen) atoms. The van der Waals surface area contributed by atoms with Crippen molar-refractivity contribution in [1.82, 2.24) is 5.32 Å². The fourth-order valence-electron chi connectivity index (χ4n) is 2.94. The first-order valence-corrected chi connectivity index (χ1v) is 7.62. The van der Waals surface area contributed by atoms with E-state index in [1.807, 2.05) is 0 Å². The van der Waals surface area contributed by atoms with Crippen LogP contribution < -0.4 is 10.6 Å². The first-order valence-electron chi connectivity index (χ1n) is 7.62. The van der Waals surface area contributed by atoms with Crippen LogP contribution in [0.25, 0.3) is 0 Å². The van der Waals surface area contributed by atoms with Crippen molar-refractivity contribution in [2.45, 2.75) is 52.5 Å². The molecule has 1 aromatic carbocycles. The van der Waals surface area contributed by atoms with Crippen LogP contribution in [0.2, 0.25) is 0 Å². The number of anilines is 1. The molecule has 1 aromatic rings. The second kappa shape index (κ2) is 6.40. The van der Waals surface area contributed by atoms with Crippen LogP contribution in [-0.4, -0.2) is 18.5 Å². The number of benzene rings is 1. The van der Waals surface area contributed by atoms with Gasteiger partial charge in [0.2, 0.25) is 5.91 Å². The molecule has 1 fully saturated rings. The normalized spacial score (nSPS) is 22.9. The van der Waals surface area contributed by atoms with E-state index in [-0.39, 0.29) is 11.8 Å². The number of piperidine rings is 1. The second-order valence-electron chi connectivity index (χ2n) is 6.26. The minimum atomic E-state index is 0.130. The lowest BCUT2D eigenvalue weighted by Crippen LogP contribution is -2.40. The van der Waals surface area contributed by atoms with Crippen molar-refractivity contribution < 1.29 is 4.79 Å². The van der Waals surface area contributed by atoms with Crippen molar-refractivity contribution in [2.75, 3.05) is 11.9 Å². The third-order valence-corrected chi connectivity index (χ3v) is 4.17. The van der Waals surface area contributed by atoms with Crippen LogP contribution in [0.5, 0.6) is 0 Å². The molecule has 3 heteroatoms. The zero-order valence-corrected chi connectivity index (χ0v) is 13.0. The molecule has 0 spiro atoms. The molecule has 1 amide bonds. The number of carbonyl (C=O) groups excluding carboxylic acids is 1. The summed E-state index contributed by atoms with van der Waals surface area (Å²) in [5, 5.41) is 6.58. The summed E-state index contributed by atoms with van der Waals surface area (Å²) in [4.78, 5) is 12.5. The van der Waals surface area contributed by atoms with Gasteiger partial charge in [-0.2, -0.15) is 0 Å². The highest BCUT2D eigenvalue weighted by Gasteiger charge is 2.25. The highest BCUT2D eigenvalue weighted by atomic mass is 16.1. The van der Waals surface area contributed by atoms with Crippen LogP contribution in [-0.2, 0) is 4.79 Å². The summed E-state index contributed by atoms with van der Waals surface area (Å²) in [5.74, 6) is 0.720. The van der Waals surface area contributed by atoms with Gasteiger partial charge in [0.1, 0.15) is 0 Å². The van der Waals surface area contributed by atoms with E-state index in [0.29, 0.717) is 12.0 Å². The molecule has 0 aliphatic carbocycles. The average Bonchev–Trinajstić information content (AvgIpc) is 2.40. The number of carbonyl (C=O) groups is 1. The summed E-state index contributed by atoms with van der Waals surface area (Å²) in [6.07, 6.45) is 1.85. The third-order valence-electron chi connectivity index (χ3n) is 4.17. The highest BCUT2D eigenvalue weighted by molar-refractivity contribution is 5.94. The van der Waals surface area contributed by atoms with E-state index in [1.54, 1.807) is 0 Å². The van der Waals surface area contributed by atoms with Crippen LogP contribution in [0.3, 0.4) is 0 Å². The summed E-state index contributed by atoms with van der Waals surface area (Å²) >= 11 is 0. The number of rotatable bonds is 3. The predicted molar refractivity (Wildman–Crippen MR) is 84.1 cm³/mol. The van der Waals surface area contributed by atoms with Gasteiger partial charge in [0.25, 0.3) is 0 Å². The summed E-state index contributed by atoms with van der Waals surface area (Å²) in [6, 6.07) is 6.67. The molecule has 0 aromatic heterocycles. The van der Waals surface area contributed by atoms with E-state index in [0.717, 1.165) is 30.6 Å². The molecular formula is C17H26N2O. The largest absolute Gasteiger partial charge is 0.325 e. The Kier molecular flexibility index (Phi) is 4.81. The molecule has 1 aliphatic rings. The van der Waals surface area contributed by atoms with Crippen LogP contribution in [0.4, 0.5) is 5.69 Å². The summed E-state index contributed by atoms with van der Waals surface area (Å²) in [6.45, 7) is 9.47. The second-order valence-corrected chi connectivity index (χ2v) is 6.26. The fraction of sp³-hybridized carbons (Fsp3) is 0.588. The van der Waals surface area contributed by atoms with Gasteiger partial charge in [-0.25, -0.2) is 0 Å². The van der Waals surface area contributed by atoms with E-state index in [4.69, 9.17) is 0 Å². The van der Waals surface area contributed by atoms with Gasteiger partial charge in [0.15, 0.2) is 0 Å². The van der Waals surface area contributed by atoms with Crippen LogP contribution >= 0.6 is 0 Å². The molecule has 110 valence electrons. The van der Waals surface area contributed by atoms with Gasteiger partial charge in [0, 0.05) is 17.6 Å². The molecule has 0 bridgehead atoms. The van der Waals surface area contributed by atoms with Gasteiger partial charge in [-0.1, -0.05) is 32.0 Å². The molecule has 1 aliphatic heterocycles. The maximum atomic E-state index is 12.5. The van der Waals surface area contributed by atoms with E-state index in [9.17, 15) is 4.79 Å². The lowest BCUT2D eigenvalue weighted by molar-refractivity contribution is -0.120. The van der Waals surface area contributed by atoms with E-state index >= 15 is 0 Å². The number of nitrogens with one attached hydrogen (secondary N) is 2. The first kappa shape index (κ1) is 15.0. The zero-order chi connectivity index (χ0) is 14.7. The molecular weight excluding hydrogens is 248 g/mol. The van der Waals surface area contributed by atoms with Crippen LogP contribution in [0.1, 0.15) is 50.7 Å². The summed E-state index contributed by atoms with van der Waals surface area (Å²) in [7, 11) is 0. The summed E-state index contributed by atoms with van der Waals surface area (Å²) in [5.41, 5.74) is 3.38. The van der Waals surface area contributed by atoms with Gasteiger partial charge >= 0.3 is 0 Å². The monoisotopic (exact) mass is 274 g/mol. The number of hydrogen-bond acceptors (Lipinski definition) is 2. The zero-order valence-electron chi connectivity index (χ0n) is 13.0. The Bertz CT molecular complexity index is 482. The van der Waals surface area contributed by atoms with Gasteiger partial charge in [-0.05, 0) is 50.3 Å². The predicted octanol–water partition coefficient (Wildman–Crippen LogP) is 3.45. The SMILES string of the molecule is Cc1cccc(C(C)C)c1NC(=O)[C@H]1CCN[C@@H](C)C1. The third kappa shape index (κ3) is 3.40. The minimum absolute atomic E-state index is 0.130. The number of aryl methyl sites for hydroxylation is 1. The Morgan fingerprint density at radius 1 is 1.40 bits per heavy atom. The van der Waals surface area contributed by atoms with Gasteiger partial charge in [-0.15, -0.1) is 0 Å². The Morgan fingerprint density at radius 3 is 2.80 bits per heavy atom. The quantitative estimate of drug-likeness (QED) is 0.886. The topological polar surface area (TPSA) is 41.1 Å². The Balaban J connectivity index is 2.15. The van der Waals surface area contributed by atoms with Crippen molar-refractivity contribution in [3.8, 4) is 0 Å². The molecule has 2 rings (SSSR count). The number of hydrogen-bond donors (Lipinski definition) is 2. The molecule has 0 saturated carbocycles. The van der Waals surface area contributed by atoms with Crippen molar-refractivity contribution in [1.29, 1.82) is 0 Å². The van der Waals surface area contributed by atoms with Crippen molar-refractivity contribution in [3.63, 3.8) is 0 Å². The standard InChI is InChI=1S/C17H26N2O/c1-11(2)15-7-5-6-12(3)16(15)19-17(20)14-8-9-18-13(4)10-14/h5-7,11,13-14,18H,8-10H2,1-4H3,(H,19,20)/t13-,14-/m0/s1. The molecule has 0 radical (unpaired) electrons. The van der Waals surface area contributed by atoms with Crippen molar-refractivity contribution in [3.05, 3.63) is 29.3 Å². The number of para-hydroxylation sites is 1. The molecule has 2 N–H and O–H groups in total. The smallest absolute Gasteiger partial charge is 0.227 e. The minimum Gasteiger partial charge on any atom is -0.325 e. The van der Waals surface area contributed by atoms with Crippen molar-refractivity contribution in [2.24, 2.45) is 5.92 Å². The Labute approximate surface area is 122 Å². The van der Waals surface area contributed by atoms with E-state index < -0.39 is 0 Å². The molecule has 0 unspecified atom stereocenters. The molecule has 2 atom stereocenters. The van der Waals surface area contributed by atoms with E-state index in [1.165, 1.54) is 5.56 Å². The lowest BCUT2D eigenvalue weighted by atomic mass is 9.91. The van der Waals surface area contributed by atoms with Gasteiger partial charge in [-0.3, -0.25) is 4.79 Å². The first-order chi connectivity index (χ1) is 9.49. The molecule has 1 heterocycles. The molecule has 1 saturated heterocycles. The Hall–Kier alpha value is -1.35. The lowest BCUT2D eigenvalue weighted by Gasteiger charge is -2.28. The van der Waals surface area contributed by atoms with E-state index in [2.05, 4.69) is 56.5 Å². The highest BCUT2D eigenvalue weighted by Crippen LogP contribution is 2.28. The molecule has 3 nitrogen and oxygen atoms in total. The van der Waals surface area contributed by atoms with Gasteiger partial charge < -0.3 is 10.6 Å². The average molecular weight is 274 g/mol. The van der Waals surface area contributed by atoms with Crippen molar-refractivity contribution >= 4 is 11.6 Å². The Morgan fingerprint density at radius 2 is 2.15 bits per heavy atom. The number of amides is 1. The van der Waals surface area contributed by atoms with Crippen LogP contribution in [0, 0.1) is 12.8 Å². The summed E-state index contributed by atoms with van der Waals surface area (Å²) < 4.78 is 0. The maximum absolute atomic E-state index is 12.5. The fourth-order valence-corrected chi connectivity index (χ4v) is 2.94. The maximum Gasteiger partial charge on any atom is 0.227 e. The van der Waals surface area contributed by atoms with Crippen LogP contribution in [0.15, 0.2) is 18.2 Å².